The summed E-state index contributed by atoms with van der Waals surface area (Å²) in [5, 5.41) is 21.5. The number of carbonyl (C=O) groups excluding carboxylic acids is 1. The quantitative estimate of drug-likeness (QED) is 0.594. The van der Waals surface area contributed by atoms with Gasteiger partial charge in [-0.2, -0.15) is 4.65 Å². The summed E-state index contributed by atoms with van der Waals surface area (Å²) in [4.78, 5) is 11.3. The summed E-state index contributed by atoms with van der Waals surface area (Å²) in [7, 11) is 1.44. The molecule has 0 aliphatic carbocycles. The molecule has 5 nitrogen and oxygen atoms in total. The lowest BCUT2D eigenvalue weighted by atomic mass is 10.0. The van der Waals surface area contributed by atoms with E-state index in [2.05, 4.69) is 0 Å². The van der Waals surface area contributed by atoms with Gasteiger partial charge in [-0.25, -0.2) is 5.21 Å². The van der Waals surface area contributed by atoms with Crippen LogP contribution < -0.4 is 9.84 Å². The number of rotatable bonds is 7. The molecular weight excluding hydrogens is 246 g/mol. The van der Waals surface area contributed by atoms with E-state index in [0.29, 0.717) is 17.9 Å². The second kappa shape index (κ2) is 6.54. The molecule has 0 bridgehead atoms. The Kier molecular flexibility index (Phi) is 5.32. The molecule has 2 atom stereocenters. The second-order valence-electron chi connectivity index (χ2n) is 4.67. The minimum atomic E-state index is -1.31. The SMILES string of the molecule is CCCOc1cccc(C(C(=O)[O-])[N+](C)(O)CC)c1. The van der Waals surface area contributed by atoms with Crippen LogP contribution in [-0.2, 0) is 4.79 Å². The number of nitrogens with zero attached hydrogens (tertiary/aromatic N) is 1. The number of carbonyl (C=O) groups is 1. The highest BCUT2D eigenvalue weighted by Gasteiger charge is 2.33. The van der Waals surface area contributed by atoms with Crippen LogP contribution in [0, 0.1) is 0 Å². The average molecular weight is 267 g/mol. The van der Waals surface area contributed by atoms with Gasteiger partial charge in [-0.15, -0.1) is 0 Å². The van der Waals surface area contributed by atoms with Crippen molar-refractivity contribution >= 4 is 5.97 Å². The minimum absolute atomic E-state index is 0.263. The molecule has 2 unspecified atom stereocenters. The molecule has 19 heavy (non-hydrogen) atoms. The first-order valence-electron chi connectivity index (χ1n) is 6.44. The number of ether oxygens (including phenoxy) is 1. The highest BCUT2D eigenvalue weighted by molar-refractivity contribution is 5.72. The molecule has 1 rings (SSSR count). The Morgan fingerprint density at radius 2 is 2.16 bits per heavy atom. The van der Waals surface area contributed by atoms with Gasteiger partial charge in [-0.05, 0) is 25.5 Å². The van der Waals surface area contributed by atoms with Crippen LogP contribution in [0.15, 0.2) is 24.3 Å². The van der Waals surface area contributed by atoms with Gasteiger partial charge >= 0.3 is 0 Å². The van der Waals surface area contributed by atoms with Gasteiger partial charge in [0.2, 0.25) is 0 Å². The van der Waals surface area contributed by atoms with E-state index in [9.17, 15) is 15.1 Å². The van der Waals surface area contributed by atoms with Crippen molar-refractivity contribution in [3.63, 3.8) is 0 Å². The van der Waals surface area contributed by atoms with E-state index in [4.69, 9.17) is 4.74 Å². The minimum Gasteiger partial charge on any atom is -0.544 e. The normalized spacial score (nSPS) is 15.6. The molecule has 1 N–H and O–H groups in total. The molecule has 0 amide bonds. The van der Waals surface area contributed by atoms with Crippen molar-refractivity contribution in [2.24, 2.45) is 0 Å². The van der Waals surface area contributed by atoms with Crippen molar-refractivity contribution in [3.8, 4) is 5.75 Å². The van der Waals surface area contributed by atoms with Crippen LogP contribution in [-0.4, -0.2) is 36.0 Å². The third-order valence-electron chi connectivity index (χ3n) is 3.07. The summed E-state index contributed by atoms with van der Waals surface area (Å²) < 4.78 is 4.82. The van der Waals surface area contributed by atoms with Crippen LogP contribution in [0.3, 0.4) is 0 Å². The van der Waals surface area contributed by atoms with Crippen LogP contribution in [0.1, 0.15) is 31.9 Å². The Morgan fingerprint density at radius 1 is 1.47 bits per heavy atom. The first kappa shape index (κ1) is 15.5. The molecule has 0 heterocycles. The molecular formula is C14H21NO4. The van der Waals surface area contributed by atoms with Gasteiger partial charge in [-0.1, -0.05) is 19.1 Å². The predicted molar refractivity (Wildman–Crippen MR) is 68.5 cm³/mol. The molecule has 106 valence electrons. The standard InChI is InChI=1S/C14H21NO4/c1-4-9-19-12-8-6-7-11(10-12)13(14(16)17)15(3,18)5-2/h6-8,10,13,18H,4-5,9H2,1-3H3. The maximum Gasteiger partial charge on any atom is 0.184 e. The van der Waals surface area contributed by atoms with Crippen molar-refractivity contribution in [2.45, 2.75) is 26.3 Å². The predicted octanol–water partition coefficient (Wildman–Crippen LogP) is 1.12. The maximum atomic E-state index is 11.3. The Bertz CT molecular complexity index is 431. The topological polar surface area (TPSA) is 69.6 Å². The monoisotopic (exact) mass is 267 g/mol. The van der Waals surface area contributed by atoms with Gasteiger partial charge in [0, 0.05) is 5.56 Å². The molecule has 0 aliphatic rings. The lowest BCUT2D eigenvalue weighted by Gasteiger charge is -2.33. The fourth-order valence-electron chi connectivity index (χ4n) is 1.86. The fourth-order valence-corrected chi connectivity index (χ4v) is 1.86. The van der Waals surface area contributed by atoms with E-state index in [1.54, 1.807) is 31.2 Å². The van der Waals surface area contributed by atoms with E-state index < -0.39 is 16.7 Å². The molecule has 0 aliphatic heterocycles. The molecule has 0 spiro atoms. The summed E-state index contributed by atoms with van der Waals surface area (Å²) in [6, 6.07) is 5.64. The van der Waals surface area contributed by atoms with Crippen LogP contribution in [0.2, 0.25) is 0 Å². The summed E-state index contributed by atoms with van der Waals surface area (Å²) in [5.41, 5.74) is 0.473. The number of likely N-dealkylation sites (N-methyl/N-ethyl adjacent to an activating group) is 1. The van der Waals surface area contributed by atoms with E-state index in [1.807, 2.05) is 6.92 Å². The summed E-state index contributed by atoms with van der Waals surface area (Å²) in [5.74, 6) is -0.707. The Balaban J connectivity index is 3.06. The van der Waals surface area contributed by atoms with Gasteiger partial charge in [0.25, 0.3) is 0 Å². The van der Waals surface area contributed by atoms with E-state index >= 15 is 0 Å². The number of hydroxylamine groups is 3. The Morgan fingerprint density at radius 3 is 2.68 bits per heavy atom. The van der Waals surface area contributed by atoms with E-state index in [0.717, 1.165) is 6.42 Å². The van der Waals surface area contributed by atoms with Crippen molar-refractivity contribution in [3.05, 3.63) is 29.8 Å². The molecule has 0 saturated heterocycles. The smallest absolute Gasteiger partial charge is 0.184 e. The van der Waals surface area contributed by atoms with Gasteiger partial charge in [0.15, 0.2) is 6.04 Å². The number of aliphatic carboxylic acids is 1. The van der Waals surface area contributed by atoms with Gasteiger partial charge in [-0.3, -0.25) is 0 Å². The van der Waals surface area contributed by atoms with Gasteiger partial charge in [0.05, 0.1) is 13.7 Å². The largest absolute Gasteiger partial charge is 0.544 e. The molecule has 0 radical (unpaired) electrons. The van der Waals surface area contributed by atoms with Crippen molar-refractivity contribution in [2.75, 3.05) is 20.2 Å². The van der Waals surface area contributed by atoms with Crippen LogP contribution in [0.5, 0.6) is 5.75 Å². The summed E-state index contributed by atoms with van der Waals surface area (Å²) in [6.07, 6.45) is 0.872. The Labute approximate surface area is 113 Å². The number of benzene rings is 1. The first-order chi connectivity index (χ1) is 8.92. The zero-order valence-corrected chi connectivity index (χ0v) is 11.6. The number of hydrogen-bond donors (Lipinski definition) is 1. The number of carboxylic acids is 1. The van der Waals surface area contributed by atoms with Crippen LogP contribution >= 0.6 is 0 Å². The zero-order valence-electron chi connectivity index (χ0n) is 11.6. The number of carboxylic acid groups (broad SMARTS) is 1. The van der Waals surface area contributed by atoms with Crippen LogP contribution in [0.25, 0.3) is 0 Å². The molecule has 1 aromatic rings. The lowest BCUT2D eigenvalue weighted by molar-refractivity contribution is -1.10. The zero-order chi connectivity index (χ0) is 14.5. The molecule has 1 aromatic carbocycles. The van der Waals surface area contributed by atoms with E-state index in [1.165, 1.54) is 7.05 Å². The van der Waals surface area contributed by atoms with Crippen molar-refractivity contribution < 1.29 is 24.5 Å². The van der Waals surface area contributed by atoms with Gasteiger partial charge in [0.1, 0.15) is 18.3 Å². The fraction of sp³-hybridized carbons (Fsp3) is 0.500. The molecule has 0 saturated carbocycles. The highest BCUT2D eigenvalue weighted by atomic mass is 16.5. The number of quaternary nitrogens is 1. The average Bonchev–Trinajstić information content (AvgIpc) is 2.36. The van der Waals surface area contributed by atoms with E-state index in [-0.39, 0.29) is 6.54 Å². The third kappa shape index (κ3) is 3.94. The second-order valence-corrected chi connectivity index (χ2v) is 4.67. The van der Waals surface area contributed by atoms with Crippen molar-refractivity contribution in [1.82, 2.24) is 0 Å². The maximum absolute atomic E-state index is 11.3. The lowest BCUT2D eigenvalue weighted by Crippen LogP contribution is -2.51. The summed E-state index contributed by atoms with van der Waals surface area (Å²) in [6.45, 7) is 4.54. The van der Waals surface area contributed by atoms with Crippen LogP contribution in [0.4, 0.5) is 0 Å². The van der Waals surface area contributed by atoms with Gasteiger partial charge < -0.3 is 14.6 Å². The van der Waals surface area contributed by atoms with Crippen molar-refractivity contribution in [1.29, 1.82) is 0 Å². The molecule has 0 aromatic heterocycles. The number of hydrogen-bond acceptors (Lipinski definition) is 4. The Hall–Kier alpha value is -1.59. The molecule has 0 fully saturated rings. The highest BCUT2D eigenvalue weighted by Crippen LogP contribution is 2.27. The first-order valence-corrected chi connectivity index (χ1v) is 6.44. The summed E-state index contributed by atoms with van der Waals surface area (Å²) >= 11 is 0. The third-order valence-corrected chi connectivity index (χ3v) is 3.07. The molecule has 5 heteroatoms.